The Hall–Kier alpha value is -1.87. The van der Waals surface area contributed by atoms with E-state index < -0.39 is 66.0 Å². The lowest BCUT2D eigenvalue weighted by molar-refractivity contribution is -0.149. The first-order valence-corrected chi connectivity index (χ1v) is 11.5. The highest BCUT2D eigenvalue weighted by Gasteiger charge is 2.60. The van der Waals surface area contributed by atoms with E-state index in [1.165, 1.54) is 22.6 Å². The van der Waals surface area contributed by atoms with Crippen molar-refractivity contribution < 1.29 is 32.9 Å². The van der Waals surface area contributed by atoms with Crippen LogP contribution < -0.4 is 16.3 Å². The van der Waals surface area contributed by atoms with Crippen molar-refractivity contribution in [2.75, 3.05) is 0 Å². The second kappa shape index (κ2) is 10.2. The fourth-order valence-corrected chi connectivity index (χ4v) is 4.57. The molecule has 0 aromatic carbocycles. The van der Waals surface area contributed by atoms with Crippen molar-refractivity contribution in [3.8, 4) is 12.3 Å². The zero-order valence-corrected chi connectivity index (χ0v) is 20.3. The van der Waals surface area contributed by atoms with Crippen molar-refractivity contribution in [1.29, 1.82) is 0 Å². The van der Waals surface area contributed by atoms with E-state index in [0.29, 0.717) is 10.8 Å². The van der Waals surface area contributed by atoms with Crippen LogP contribution in [0.2, 0.25) is 0 Å². The van der Waals surface area contributed by atoms with Crippen LogP contribution in [0.25, 0.3) is 0 Å². The molecule has 3 N–H and O–H groups in total. The Labute approximate surface area is 196 Å². The Balaban J connectivity index is 2.27. The van der Waals surface area contributed by atoms with Crippen LogP contribution in [0.15, 0.2) is 15.8 Å². The fraction of sp³-hybridized carbons (Fsp3) is 0.588. The molecule has 1 saturated heterocycles. The SMILES string of the molecule is BC(B)(O[PH](=O)N[C@@H](C)C(=O)OC(C)C)C1O[C@@H](n2cc(F)c(=O)[nH]c2=O)C(Cl)(C#C)[C@H]1O. The van der Waals surface area contributed by atoms with Gasteiger partial charge in [-0.2, -0.15) is 4.39 Å². The van der Waals surface area contributed by atoms with E-state index in [0.717, 1.165) is 0 Å². The third kappa shape index (κ3) is 5.80. The molecular formula is C17H24B2ClFN3O8P. The van der Waals surface area contributed by atoms with E-state index in [4.69, 9.17) is 32.0 Å². The highest BCUT2D eigenvalue weighted by Crippen LogP contribution is 2.46. The number of H-pyrrole nitrogens is 1. The lowest BCUT2D eigenvalue weighted by Gasteiger charge is -2.34. The molecule has 33 heavy (non-hydrogen) atoms. The van der Waals surface area contributed by atoms with Gasteiger partial charge < -0.3 is 19.1 Å². The molecule has 0 spiro atoms. The van der Waals surface area contributed by atoms with E-state index in [1.54, 1.807) is 18.8 Å². The van der Waals surface area contributed by atoms with E-state index in [1.807, 2.05) is 0 Å². The summed E-state index contributed by atoms with van der Waals surface area (Å²) in [7, 11) is -0.270. The quantitative estimate of drug-likeness (QED) is 0.118. The van der Waals surface area contributed by atoms with Gasteiger partial charge in [0.1, 0.15) is 33.9 Å². The van der Waals surface area contributed by atoms with E-state index in [9.17, 15) is 28.4 Å². The Morgan fingerprint density at radius 1 is 1.52 bits per heavy atom. The molecule has 0 saturated carbocycles. The van der Waals surface area contributed by atoms with Gasteiger partial charge in [0.15, 0.2) is 11.1 Å². The number of esters is 1. The van der Waals surface area contributed by atoms with Gasteiger partial charge in [-0.1, -0.05) is 17.5 Å². The molecule has 11 nitrogen and oxygen atoms in total. The molecule has 1 aliphatic rings. The maximum absolute atomic E-state index is 13.8. The minimum atomic E-state index is -3.09. The number of aliphatic hydroxyl groups excluding tert-OH is 1. The second-order valence-electron chi connectivity index (χ2n) is 8.25. The average molecular weight is 505 g/mol. The fourth-order valence-electron chi connectivity index (χ4n) is 3.18. The lowest BCUT2D eigenvalue weighted by atomic mass is 9.60. The molecule has 0 radical (unpaired) electrons. The largest absolute Gasteiger partial charge is 0.462 e. The van der Waals surface area contributed by atoms with Crippen LogP contribution in [0.5, 0.6) is 0 Å². The monoisotopic (exact) mass is 505 g/mol. The van der Waals surface area contributed by atoms with Gasteiger partial charge in [-0.05, 0) is 20.8 Å². The summed E-state index contributed by atoms with van der Waals surface area (Å²) in [6, 6.07) is -0.961. The molecule has 1 aromatic heterocycles. The number of aromatic amines is 1. The molecule has 1 aromatic rings. The Bertz CT molecular complexity index is 1090. The standard InChI is InChI=1S/C17H24B2ClFN3O8P/c1-5-16(20)10(25)11(31-14(16)24-6-9(21)12(26)22-15(24)28)17(18,19)32-33(29)23-8(4)13(27)30-7(2)3/h1,6-8,10-11,14,25,33H,18-19H2,2-4H3,(H,23,29)(H,22,26,28)/t8-,10-,11?,14+,16?/m0/s1. The number of rotatable bonds is 8. The van der Waals surface area contributed by atoms with Crippen molar-refractivity contribution in [3.63, 3.8) is 0 Å². The molecule has 0 bridgehead atoms. The number of hydrogen-bond donors (Lipinski definition) is 3. The van der Waals surface area contributed by atoms with Crippen LogP contribution in [0.3, 0.4) is 0 Å². The van der Waals surface area contributed by atoms with E-state index in [-0.39, 0.29) is 6.10 Å². The van der Waals surface area contributed by atoms with Crippen LogP contribution in [-0.4, -0.2) is 70.9 Å². The first-order chi connectivity index (χ1) is 15.1. The van der Waals surface area contributed by atoms with Crippen LogP contribution in [0.1, 0.15) is 27.0 Å². The Morgan fingerprint density at radius 2 is 2.12 bits per heavy atom. The van der Waals surface area contributed by atoms with E-state index in [2.05, 4.69) is 11.0 Å². The number of carbonyl (C=O) groups is 1. The summed E-state index contributed by atoms with van der Waals surface area (Å²) in [5.74, 6) is 0.184. The van der Waals surface area contributed by atoms with Gasteiger partial charge in [0.05, 0.1) is 12.3 Å². The Morgan fingerprint density at radius 3 is 2.67 bits per heavy atom. The molecule has 180 valence electrons. The molecule has 16 heteroatoms. The third-order valence-corrected chi connectivity index (χ3v) is 6.73. The topological polar surface area (TPSA) is 149 Å². The number of terminal acetylenes is 1. The molecule has 1 fully saturated rings. The van der Waals surface area contributed by atoms with Gasteiger partial charge in [-0.3, -0.25) is 23.7 Å². The summed E-state index contributed by atoms with van der Waals surface area (Å²) in [5, 5.41) is 11.8. The minimum absolute atomic E-state index is 0.373. The van der Waals surface area contributed by atoms with E-state index >= 15 is 0 Å². The van der Waals surface area contributed by atoms with Crippen LogP contribution >= 0.6 is 19.8 Å². The number of nitrogens with one attached hydrogen (secondary N) is 2. The molecule has 0 aliphatic carbocycles. The Kier molecular flexibility index (Phi) is 8.44. The molecule has 3 unspecified atom stereocenters. The number of alkyl halides is 1. The summed E-state index contributed by atoms with van der Waals surface area (Å²) in [6.07, 6.45) is 1.02. The van der Waals surface area contributed by atoms with Gasteiger partial charge in [0, 0.05) is 5.40 Å². The number of aromatic nitrogens is 2. The number of nitrogens with zero attached hydrogens (tertiary/aromatic N) is 1. The predicted octanol–water partition coefficient (Wildman–Crippen LogP) is -2.20. The maximum atomic E-state index is 13.8. The number of halogens is 2. The van der Waals surface area contributed by atoms with Crippen molar-refractivity contribution in [3.05, 3.63) is 32.9 Å². The van der Waals surface area contributed by atoms with Gasteiger partial charge in [-0.15, -0.1) is 6.42 Å². The smallest absolute Gasteiger partial charge is 0.330 e. The summed E-state index contributed by atoms with van der Waals surface area (Å²) >= 11 is 6.39. The van der Waals surface area contributed by atoms with Crippen LogP contribution in [0, 0.1) is 18.2 Å². The molecule has 1 aliphatic heterocycles. The van der Waals surface area contributed by atoms with Crippen molar-refractivity contribution in [1.82, 2.24) is 14.6 Å². The molecule has 2 heterocycles. The zero-order valence-electron chi connectivity index (χ0n) is 18.5. The summed E-state index contributed by atoms with van der Waals surface area (Å²) in [5.41, 5.74) is -2.34. The van der Waals surface area contributed by atoms with Crippen LogP contribution in [-0.2, 0) is 23.4 Å². The van der Waals surface area contributed by atoms with Gasteiger partial charge >= 0.3 is 11.7 Å². The van der Waals surface area contributed by atoms with Crippen molar-refractivity contribution in [2.45, 2.75) is 61.6 Å². The third-order valence-electron chi connectivity index (χ3n) is 4.83. The molecule has 0 amide bonds. The number of carbonyl (C=O) groups excluding carboxylic acids is 1. The lowest BCUT2D eigenvalue weighted by Crippen LogP contribution is -2.53. The summed E-state index contributed by atoms with van der Waals surface area (Å²) < 4.78 is 43.2. The van der Waals surface area contributed by atoms with Gasteiger partial charge in [0.2, 0.25) is 5.82 Å². The van der Waals surface area contributed by atoms with Crippen molar-refractivity contribution >= 4 is 41.4 Å². The minimum Gasteiger partial charge on any atom is -0.462 e. The van der Waals surface area contributed by atoms with Crippen LogP contribution in [0.4, 0.5) is 4.39 Å². The molecular weight excluding hydrogens is 481 g/mol. The highest BCUT2D eigenvalue weighted by molar-refractivity contribution is 7.37. The zero-order chi connectivity index (χ0) is 25.3. The first kappa shape index (κ1) is 27.4. The predicted molar refractivity (Wildman–Crippen MR) is 122 cm³/mol. The maximum Gasteiger partial charge on any atom is 0.330 e. The first-order valence-electron chi connectivity index (χ1n) is 9.85. The number of aliphatic hydroxyl groups is 1. The van der Waals surface area contributed by atoms with Gasteiger partial charge in [-0.25, -0.2) is 9.88 Å². The normalized spacial score (nSPS) is 27.2. The summed E-state index contributed by atoms with van der Waals surface area (Å²) in [4.78, 5) is 35.1. The summed E-state index contributed by atoms with van der Waals surface area (Å²) in [6.45, 7) is 4.75. The molecule has 6 atom stereocenters. The van der Waals surface area contributed by atoms with Crippen molar-refractivity contribution in [2.24, 2.45) is 0 Å². The number of hydrogen-bond acceptors (Lipinski definition) is 8. The number of ether oxygens (including phenoxy) is 2. The second-order valence-corrected chi connectivity index (χ2v) is 9.95. The average Bonchev–Trinajstić information content (AvgIpc) is 2.96. The highest BCUT2D eigenvalue weighted by atomic mass is 35.5. The van der Waals surface area contributed by atoms with Gasteiger partial charge in [0.25, 0.3) is 13.7 Å². The molecule has 2 rings (SSSR count).